The third-order valence-corrected chi connectivity index (χ3v) is 8.76. The fraction of sp³-hybridized carbons (Fsp3) is 0.0732. The van der Waals surface area contributed by atoms with Crippen LogP contribution in [0.3, 0.4) is 0 Å². The monoisotopic (exact) mass is 578 g/mol. The van der Waals surface area contributed by atoms with Crippen LogP contribution in [-0.2, 0) is 5.41 Å². The Morgan fingerprint density at radius 2 is 0.911 bits per heavy atom. The number of nitrogens with zero attached hydrogens (tertiary/aromatic N) is 4. The predicted molar refractivity (Wildman–Crippen MR) is 182 cm³/mol. The van der Waals surface area contributed by atoms with Gasteiger partial charge in [0.15, 0.2) is 11.6 Å². The summed E-state index contributed by atoms with van der Waals surface area (Å²) in [5, 5.41) is 0. The van der Waals surface area contributed by atoms with E-state index < -0.39 is 0 Å². The fourth-order valence-corrected chi connectivity index (χ4v) is 6.30. The topological polar surface area (TPSA) is 51.6 Å². The summed E-state index contributed by atoms with van der Waals surface area (Å²) < 4.78 is 0. The van der Waals surface area contributed by atoms with E-state index in [0.717, 1.165) is 61.9 Å². The number of aromatic nitrogens is 4. The second-order valence-corrected chi connectivity index (χ2v) is 12.0. The SMILES string of the molecule is CC1(C)c2ccccc2-c2cnc(-c3ccc(-c4ccc(-c5nc(-c6ccccc6)cc(-c6ccccc6)n5)cc4)cc3)nc21. The molecule has 1 aliphatic carbocycles. The second-order valence-electron chi connectivity index (χ2n) is 12.0. The van der Waals surface area contributed by atoms with Crippen LogP contribution in [0.1, 0.15) is 25.1 Å². The normalized spacial score (nSPS) is 12.8. The van der Waals surface area contributed by atoms with Gasteiger partial charge in [0.05, 0.1) is 17.1 Å². The Bertz CT molecular complexity index is 2090. The molecule has 0 saturated carbocycles. The Morgan fingerprint density at radius 3 is 1.49 bits per heavy atom. The molecule has 2 aromatic heterocycles. The standard InChI is InChI=1S/C41H30N4/c1-41(2)35-16-10-9-15-33(35)34-26-42-39(45-38(34)41)31-21-17-27(18-22-31)28-19-23-32(24-20-28)40-43-36(29-11-5-3-6-12-29)25-37(44-40)30-13-7-4-8-14-30/h3-26H,1-2H3. The van der Waals surface area contributed by atoms with Crippen molar-refractivity contribution in [2.24, 2.45) is 0 Å². The zero-order valence-corrected chi connectivity index (χ0v) is 25.1. The van der Waals surface area contributed by atoms with Crippen molar-refractivity contribution in [3.8, 4) is 67.5 Å². The minimum atomic E-state index is -0.155. The molecule has 0 unspecified atom stereocenters. The van der Waals surface area contributed by atoms with Crippen LogP contribution in [-0.4, -0.2) is 19.9 Å². The van der Waals surface area contributed by atoms with E-state index >= 15 is 0 Å². The molecule has 0 bridgehead atoms. The van der Waals surface area contributed by atoms with Gasteiger partial charge < -0.3 is 0 Å². The van der Waals surface area contributed by atoms with E-state index in [1.807, 2.05) is 42.6 Å². The summed E-state index contributed by atoms with van der Waals surface area (Å²) in [5.41, 5.74) is 12.8. The van der Waals surface area contributed by atoms with Gasteiger partial charge in [-0.25, -0.2) is 19.9 Å². The first-order valence-corrected chi connectivity index (χ1v) is 15.2. The maximum atomic E-state index is 5.07. The number of fused-ring (bicyclic) bond motifs is 3. The highest BCUT2D eigenvalue weighted by Gasteiger charge is 2.37. The highest BCUT2D eigenvalue weighted by molar-refractivity contribution is 5.80. The van der Waals surface area contributed by atoms with Gasteiger partial charge in [0.2, 0.25) is 0 Å². The Hall–Kier alpha value is -5.74. The summed E-state index contributed by atoms with van der Waals surface area (Å²) >= 11 is 0. The van der Waals surface area contributed by atoms with Gasteiger partial charge in [0.25, 0.3) is 0 Å². The predicted octanol–water partition coefficient (Wildman–Crippen LogP) is 9.91. The first-order chi connectivity index (χ1) is 22.0. The maximum absolute atomic E-state index is 5.07. The molecule has 0 atom stereocenters. The fourth-order valence-electron chi connectivity index (χ4n) is 6.30. The minimum Gasteiger partial charge on any atom is -0.236 e. The zero-order chi connectivity index (χ0) is 30.4. The van der Waals surface area contributed by atoms with Crippen LogP contribution in [0.2, 0.25) is 0 Å². The van der Waals surface area contributed by atoms with Gasteiger partial charge in [-0.1, -0.05) is 147 Å². The summed E-state index contributed by atoms with van der Waals surface area (Å²) in [5.74, 6) is 1.46. The van der Waals surface area contributed by atoms with E-state index in [2.05, 4.69) is 117 Å². The lowest BCUT2D eigenvalue weighted by molar-refractivity contribution is 0.636. The van der Waals surface area contributed by atoms with E-state index in [9.17, 15) is 0 Å². The van der Waals surface area contributed by atoms with Crippen LogP contribution in [0, 0.1) is 0 Å². The van der Waals surface area contributed by atoms with Crippen molar-refractivity contribution in [2.75, 3.05) is 0 Å². The second kappa shape index (κ2) is 10.8. The molecule has 8 rings (SSSR count). The van der Waals surface area contributed by atoms with Crippen LogP contribution in [0.5, 0.6) is 0 Å². The molecule has 0 saturated heterocycles. The lowest BCUT2D eigenvalue weighted by Crippen LogP contribution is -2.17. The lowest BCUT2D eigenvalue weighted by Gasteiger charge is -2.20. The molecule has 2 heterocycles. The van der Waals surface area contributed by atoms with Crippen LogP contribution < -0.4 is 0 Å². The Morgan fingerprint density at radius 1 is 0.422 bits per heavy atom. The van der Waals surface area contributed by atoms with Crippen molar-refractivity contribution in [1.29, 1.82) is 0 Å². The molecule has 4 nitrogen and oxygen atoms in total. The number of rotatable bonds is 5. The van der Waals surface area contributed by atoms with E-state index in [0.29, 0.717) is 5.82 Å². The van der Waals surface area contributed by atoms with Crippen molar-refractivity contribution < 1.29 is 0 Å². The molecule has 0 fully saturated rings. The number of benzene rings is 5. The number of hydrogen-bond donors (Lipinski definition) is 0. The quantitative estimate of drug-likeness (QED) is 0.204. The van der Waals surface area contributed by atoms with E-state index in [-0.39, 0.29) is 5.41 Å². The Labute approximate surface area is 263 Å². The van der Waals surface area contributed by atoms with Crippen molar-refractivity contribution in [2.45, 2.75) is 19.3 Å². The van der Waals surface area contributed by atoms with Gasteiger partial charge in [-0.3, -0.25) is 0 Å². The summed E-state index contributed by atoms with van der Waals surface area (Å²) in [6, 6.07) is 48.1. The van der Waals surface area contributed by atoms with Gasteiger partial charge in [-0.05, 0) is 28.3 Å². The molecule has 0 radical (unpaired) electrons. The smallest absolute Gasteiger partial charge is 0.160 e. The average molecular weight is 579 g/mol. The zero-order valence-electron chi connectivity index (χ0n) is 25.1. The molecule has 7 aromatic rings. The third-order valence-electron chi connectivity index (χ3n) is 8.76. The summed E-state index contributed by atoms with van der Waals surface area (Å²) in [7, 11) is 0. The van der Waals surface area contributed by atoms with Gasteiger partial charge in [0, 0.05) is 39.4 Å². The molecule has 5 aromatic carbocycles. The molecule has 214 valence electrons. The van der Waals surface area contributed by atoms with E-state index in [1.165, 1.54) is 11.1 Å². The van der Waals surface area contributed by atoms with E-state index in [4.69, 9.17) is 19.9 Å². The van der Waals surface area contributed by atoms with Crippen LogP contribution in [0.15, 0.2) is 146 Å². The summed E-state index contributed by atoms with van der Waals surface area (Å²) in [4.78, 5) is 19.8. The van der Waals surface area contributed by atoms with E-state index in [1.54, 1.807) is 0 Å². The highest BCUT2D eigenvalue weighted by Crippen LogP contribution is 2.47. The van der Waals surface area contributed by atoms with Crippen molar-refractivity contribution in [3.05, 3.63) is 157 Å². The first-order valence-electron chi connectivity index (χ1n) is 15.2. The van der Waals surface area contributed by atoms with Gasteiger partial charge in [0.1, 0.15) is 0 Å². The van der Waals surface area contributed by atoms with Gasteiger partial charge >= 0.3 is 0 Å². The molecular weight excluding hydrogens is 548 g/mol. The lowest BCUT2D eigenvalue weighted by atomic mass is 9.85. The Kier molecular flexibility index (Phi) is 6.42. The molecular formula is C41H30N4. The van der Waals surface area contributed by atoms with Gasteiger partial charge in [-0.15, -0.1) is 0 Å². The molecule has 0 aliphatic heterocycles. The maximum Gasteiger partial charge on any atom is 0.160 e. The van der Waals surface area contributed by atoms with Crippen molar-refractivity contribution in [1.82, 2.24) is 19.9 Å². The third kappa shape index (κ3) is 4.81. The van der Waals surface area contributed by atoms with Crippen molar-refractivity contribution in [3.63, 3.8) is 0 Å². The summed E-state index contributed by atoms with van der Waals surface area (Å²) in [6.45, 7) is 4.49. The average Bonchev–Trinajstić information content (AvgIpc) is 3.34. The molecule has 45 heavy (non-hydrogen) atoms. The largest absolute Gasteiger partial charge is 0.236 e. The first kappa shape index (κ1) is 26.9. The molecule has 4 heteroatoms. The number of hydrogen-bond acceptors (Lipinski definition) is 4. The molecule has 0 amide bonds. The van der Waals surface area contributed by atoms with Crippen LogP contribution in [0.25, 0.3) is 67.5 Å². The van der Waals surface area contributed by atoms with Crippen molar-refractivity contribution >= 4 is 0 Å². The summed E-state index contributed by atoms with van der Waals surface area (Å²) in [6.07, 6.45) is 1.98. The highest BCUT2D eigenvalue weighted by atomic mass is 14.9. The van der Waals surface area contributed by atoms with Crippen LogP contribution >= 0.6 is 0 Å². The minimum absolute atomic E-state index is 0.155. The van der Waals surface area contributed by atoms with Gasteiger partial charge in [-0.2, -0.15) is 0 Å². The Balaban J connectivity index is 1.09. The molecule has 1 aliphatic rings. The van der Waals surface area contributed by atoms with Crippen LogP contribution in [0.4, 0.5) is 0 Å². The molecule has 0 N–H and O–H groups in total. The molecule has 0 spiro atoms.